The molecule has 1 aliphatic rings. The summed E-state index contributed by atoms with van der Waals surface area (Å²) in [6.45, 7) is 2.53. The third kappa shape index (κ3) is 1.28. The average molecular weight is 179 g/mol. The number of aryl methyl sites for hydroxylation is 1. The molecule has 0 atom stereocenters. The molecule has 0 amide bonds. The van der Waals surface area contributed by atoms with Crippen LogP contribution in [0.15, 0.2) is 18.2 Å². The van der Waals surface area contributed by atoms with Crippen LogP contribution in [-0.2, 0) is 0 Å². The number of fused-ring (bicyclic) bond motifs is 1. The van der Waals surface area contributed by atoms with Crippen LogP contribution in [0.3, 0.4) is 0 Å². The normalized spacial score (nSPS) is 14.6. The molecule has 1 aromatic carbocycles. The van der Waals surface area contributed by atoms with Crippen LogP contribution in [0.5, 0.6) is 5.75 Å². The van der Waals surface area contributed by atoms with E-state index in [-0.39, 0.29) is 0 Å². The summed E-state index contributed by atoms with van der Waals surface area (Å²) in [7, 11) is 0. The molecule has 1 heterocycles. The second kappa shape index (κ2) is 2.75. The minimum absolute atomic E-state index is 0.492. The van der Waals surface area contributed by atoms with Crippen molar-refractivity contribution in [2.75, 3.05) is 11.9 Å². The van der Waals surface area contributed by atoms with E-state index in [9.17, 15) is 0 Å². The van der Waals surface area contributed by atoms with E-state index < -0.39 is 0 Å². The van der Waals surface area contributed by atoms with Crippen molar-refractivity contribution >= 4 is 22.9 Å². The van der Waals surface area contributed by atoms with Crippen molar-refractivity contribution in [3.05, 3.63) is 23.8 Å². The molecule has 1 aliphatic heterocycles. The predicted molar refractivity (Wildman–Crippen MR) is 52.9 cm³/mol. The first-order chi connectivity index (χ1) is 5.75. The minimum Gasteiger partial charge on any atom is -0.484 e. The number of anilines is 1. The monoisotopic (exact) mass is 179 g/mol. The van der Waals surface area contributed by atoms with Crippen molar-refractivity contribution in [2.24, 2.45) is 0 Å². The van der Waals surface area contributed by atoms with Crippen LogP contribution in [0, 0.1) is 6.92 Å². The molecule has 2 rings (SSSR count). The van der Waals surface area contributed by atoms with Gasteiger partial charge in [0.2, 0.25) is 0 Å². The Kier molecular flexibility index (Phi) is 1.73. The third-order valence-electron chi connectivity index (χ3n) is 1.77. The van der Waals surface area contributed by atoms with Crippen LogP contribution in [0.2, 0.25) is 0 Å². The number of rotatable bonds is 0. The molecular weight excluding hydrogens is 170 g/mol. The van der Waals surface area contributed by atoms with E-state index in [4.69, 9.17) is 17.0 Å². The Morgan fingerprint density at radius 2 is 2.33 bits per heavy atom. The van der Waals surface area contributed by atoms with E-state index in [0.29, 0.717) is 6.61 Å². The van der Waals surface area contributed by atoms with Crippen molar-refractivity contribution in [3.63, 3.8) is 0 Å². The molecule has 1 aromatic rings. The zero-order valence-corrected chi connectivity index (χ0v) is 7.57. The van der Waals surface area contributed by atoms with Crippen molar-refractivity contribution in [3.8, 4) is 5.75 Å². The Morgan fingerprint density at radius 1 is 1.50 bits per heavy atom. The summed E-state index contributed by atoms with van der Waals surface area (Å²) in [5.41, 5.74) is 2.17. The summed E-state index contributed by atoms with van der Waals surface area (Å²) in [5, 5.41) is 3.09. The largest absolute Gasteiger partial charge is 0.484 e. The SMILES string of the molecule is Cc1ccc2c(c1)OCC(=S)N2. The summed E-state index contributed by atoms with van der Waals surface area (Å²) in [6, 6.07) is 6.02. The molecule has 0 saturated heterocycles. The number of nitrogens with one attached hydrogen (secondary N) is 1. The second-order valence-electron chi connectivity index (χ2n) is 2.84. The van der Waals surface area contributed by atoms with Crippen LogP contribution >= 0.6 is 12.2 Å². The predicted octanol–water partition coefficient (Wildman–Crippen LogP) is 2.13. The molecule has 1 N–H and O–H groups in total. The highest BCUT2D eigenvalue weighted by Gasteiger charge is 2.11. The summed E-state index contributed by atoms with van der Waals surface area (Å²) >= 11 is 4.98. The highest BCUT2D eigenvalue weighted by atomic mass is 32.1. The van der Waals surface area contributed by atoms with E-state index in [0.717, 1.165) is 16.4 Å². The van der Waals surface area contributed by atoms with Gasteiger partial charge < -0.3 is 10.1 Å². The van der Waals surface area contributed by atoms with Crippen molar-refractivity contribution < 1.29 is 4.74 Å². The van der Waals surface area contributed by atoms with Gasteiger partial charge in [0.05, 0.1) is 5.69 Å². The van der Waals surface area contributed by atoms with Gasteiger partial charge in [0, 0.05) is 0 Å². The summed E-state index contributed by atoms with van der Waals surface area (Å²) in [4.78, 5) is 0.742. The Hall–Kier alpha value is -1.09. The zero-order chi connectivity index (χ0) is 8.55. The molecule has 0 fully saturated rings. The molecule has 0 aromatic heterocycles. The number of benzene rings is 1. The standard InChI is InChI=1S/C9H9NOS/c1-6-2-3-7-8(4-6)11-5-9(12)10-7/h2-4H,5H2,1H3,(H,10,12). The lowest BCUT2D eigenvalue weighted by molar-refractivity contribution is 0.374. The summed E-state index contributed by atoms with van der Waals surface area (Å²) in [5.74, 6) is 0.892. The number of ether oxygens (including phenoxy) is 1. The Morgan fingerprint density at radius 3 is 3.17 bits per heavy atom. The first-order valence-corrected chi connectivity index (χ1v) is 4.20. The maximum Gasteiger partial charge on any atom is 0.143 e. The Bertz CT molecular complexity index is 335. The van der Waals surface area contributed by atoms with Gasteiger partial charge in [0.1, 0.15) is 17.3 Å². The van der Waals surface area contributed by atoms with Gasteiger partial charge >= 0.3 is 0 Å². The quantitative estimate of drug-likeness (QED) is 0.616. The fraction of sp³-hybridized carbons (Fsp3) is 0.222. The molecule has 0 aliphatic carbocycles. The lowest BCUT2D eigenvalue weighted by atomic mass is 10.2. The Labute approximate surface area is 76.5 Å². The number of hydrogen-bond acceptors (Lipinski definition) is 2. The van der Waals surface area contributed by atoms with Crippen LogP contribution in [0.1, 0.15) is 5.56 Å². The molecule has 62 valence electrons. The molecule has 0 radical (unpaired) electrons. The van der Waals surface area contributed by atoms with Gasteiger partial charge in [0.15, 0.2) is 0 Å². The van der Waals surface area contributed by atoms with Gasteiger partial charge in [-0.05, 0) is 24.6 Å². The van der Waals surface area contributed by atoms with Crippen LogP contribution in [-0.4, -0.2) is 11.6 Å². The Balaban J connectivity index is 2.43. The molecule has 0 unspecified atom stereocenters. The fourth-order valence-electron chi connectivity index (χ4n) is 1.18. The third-order valence-corrected chi connectivity index (χ3v) is 1.99. The number of thiocarbonyl (C=S) groups is 1. The minimum atomic E-state index is 0.492. The van der Waals surface area contributed by atoms with Gasteiger partial charge in [-0.25, -0.2) is 0 Å². The molecule has 0 bridgehead atoms. The van der Waals surface area contributed by atoms with E-state index in [1.54, 1.807) is 0 Å². The van der Waals surface area contributed by atoms with E-state index in [1.165, 1.54) is 5.56 Å². The topological polar surface area (TPSA) is 21.3 Å². The second-order valence-corrected chi connectivity index (χ2v) is 3.33. The molecule has 12 heavy (non-hydrogen) atoms. The number of hydrogen-bond donors (Lipinski definition) is 1. The fourth-order valence-corrected chi connectivity index (χ4v) is 1.35. The van der Waals surface area contributed by atoms with Crippen LogP contribution in [0.4, 0.5) is 5.69 Å². The maximum absolute atomic E-state index is 5.41. The lowest BCUT2D eigenvalue weighted by Crippen LogP contribution is -2.23. The van der Waals surface area contributed by atoms with E-state index in [2.05, 4.69) is 5.32 Å². The van der Waals surface area contributed by atoms with E-state index in [1.807, 2.05) is 25.1 Å². The zero-order valence-electron chi connectivity index (χ0n) is 6.76. The molecule has 0 saturated carbocycles. The maximum atomic E-state index is 5.41. The van der Waals surface area contributed by atoms with Gasteiger partial charge in [-0.1, -0.05) is 18.3 Å². The van der Waals surface area contributed by atoms with Crippen molar-refractivity contribution in [1.82, 2.24) is 0 Å². The van der Waals surface area contributed by atoms with Gasteiger partial charge in [-0.3, -0.25) is 0 Å². The highest BCUT2D eigenvalue weighted by Crippen LogP contribution is 2.28. The van der Waals surface area contributed by atoms with E-state index >= 15 is 0 Å². The van der Waals surface area contributed by atoms with Crippen molar-refractivity contribution in [1.29, 1.82) is 0 Å². The van der Waals surface area contributed by atoms with Gasteiger partial charge in [-0.15, -0.1) is 0 Å². The summed E-state index contributed by atoms with van der Waals surface area (Å²) < 4.78 is 5.41. The molecule has 0 spiro atoms. The smallest absolute Gasteiger partial charge is 0.143 e. The first kappa shape index (κ1) is 7.55. The lowest BCUT2D eigenvalue weighted by Gasteiger charge is -2.19. The van der Waals surface area contributed by atoms with Crippen LogP contribution < -0.4 is 10.1 Å². The molecular formula is C9H9NOS. The summed E-state index contributed by atoms with van der Waals surface area (Å²) in [6.07, 6.45) is 0. The van der Waals surface area contributed by atoms with Gasteiger partial charge in [0.25, 0.3) is 0 Å². The van der Waals surface area contributed by atoms with Crippen LogP contribution in [0.25, 0.3) is 0 Å². The average Bonchev–Trinajstić information content (AvgIpc) is 2.05. The molecule has 2 nitrogen and oxygen atoms in total. The van der Waals surface area contributed by atoms with Gasteiger partial charge in [-0.2, -0.15) is 0 Å². The van der Waals surface area contributed by atoms with Crippen molar-refractivity contribution in [2.45, 2.75) is 6.92 Å². The first-order valence-electron chi connectivity index (χ1n) is 3.79. The molecule has 3 heteroatoms. The highest BCUT2D eigenvalue weighted by molar-refractivity contribution is 7.80.